The zero-order valence-electron chi connectivity index (χ0n) is 20.6. The number of unbranched alkanes of at least 4 members (excludes halogenated alkanes) is 3. The van der Waals surface area contributed by atoms with Gasteiger partial charge in [0.25, 0.3) is 0 Å². The van der Waals surface area contributed by atoms with Crippen molar-refractivity contribution in [2.75, 3.05) is 39.1 Å². The molecule has 0 radical (unpaired) electrons. The van der Waals surface area contributed by atoms with Gasteiger partial charge in [0.1, 0.15) is 11.6 Å². The number of ketones is 1. The van der Waals surface area contributed by atoms with Crippen molar-refractivity contribution in [3.05, 3.63) is 35.5 Å². The summed E-state index contributed by atoms with van der Waals surface area (Å²) in [6, 6.07) is 8.79. The Labute approximate surface area is 197 Å². The number of pyridine rings is 1. The van der Waals surface area contributed by atoms with E-state index in [2.05, 4.69) is 48.1 Å². The largest absolute Gasteiger partial charge is 0.383 e. The number of nitrogens with two attached hydrogens (primary N) is 1. The fourth-order valence-corrected chi connectivity index (χ4v) is 4.19. The van der Waals surface area contributed by atoms with Gasteiger partial charge >= 0.3 is 0 Å². The Morgan fingerprint density at radius 1 is 1.06 bits per heavy atom. The second-order valence-corrected chi connectivity index (χ2v) is 9.21. The highest BCUT2D eigenvalue weighted by Crippen LogP contribution is 2.29. The number of nitrogen functional groups attached to an aromatic ring is 1. The van der Waals surface area contributed by atoms with Crippen LogP contribution in [0, 0.1) is 0 Å². The molecule has 0 spiro atoms. The Hall–Kier alpha value is -2.44. The third-order valence-corrected chi connectivity index (χ3v) is 6.24. The standard InChI is InChI=1S/C27H40N4O2/c1-4-5-10-22-19-24-26(29-22)23-12-11-21(18-25(23)30-27(24)28)9-7-6-8-14-31(3)15-17-33-16-13-20(2)32/h11-12,18-19,29H,4-10,13-17H2,1-3H3,(H2,28,30). The molecule has 180 valence electrons. The molecule has 3 N–H and O–H groups in total. The van der Waals surface area contributed by atoms with Crippen molar-refractivity contribution in [2.45, 2.75) is 65.2 Å². The summed E-state index contributed by atoms with van der Waals surface area (Å²) < 4.78 is 5.51. The summed E-state index contributed by atoms with van der Waals surface area (Å²) in [4.78, 5) is 21.5. The van der Waals surface area contributed by atoms with E-state index in [9.17, 15) is 4.79 Å². The second-order valence-electron chi connectivity index (χ2n) is 9.21. The minimum absolute atomic E-state index is 0.183. The number of benzene rings is 1. The quantitative estimate of drug-likeness (QED) is 0.306. The average Bonchev–Trinajstić information content (AvgIpc) is 3.22. The van der Waals surface area contributed by atoms with Crippen LogP contribution in [0.5, 0.6) is 0 Å². The van der Waals surface area contributed by atoms with Gasteiger partial charge in [0.15, 0.2) is 0 Å². The number of hydrogen-bond donors (Lipinski definition) is 2. The lowest BCUT2D eigenvalue weighted by Gasteiger charge is -2.16. The normalized spacial score (nSPS) is 11.8. The summed E-state index contributed by atoms with van der Waals surface area (Å²) >= 11 is 0. The molecule has 2 heterocycles. The first-order valence-corrected chi connectivity index (χ1v) is 12.4. The Bertz CT molecular complexity index is 1040. The number of fused-ring (bicyclic) bond motifs is 3. The van der Waals surface area contributed by atoms with Crippen molar-refractivity contribution in [1.29, 1.82) is 0 Å². The number of aromatic amines is 1. The van der Waals surface area contributed by atoms with E-state index in [0.29, 0.717) is 25.5 Å². The predicted molar refractivity (Wildman–Crippen MR) is 138 cm³/mol. The molecule has 1 aromatic carbocycles. The van der Waals surface area contributed by atoms with Gasteiger partial charge in [-0.05, 0) is 70.3 Å². The van der Waals surface area contributed by atoms with Crippen molar-refractivity contribution in [2.24, 2.45) is 0 Å². The minimum atomic E-state index is 0.183. The lowest BCUT2D eigenvalue weighted by Crippen LogP contribution is -2.24. The Morgan fingerprint density at radius 3 is 2.70 bits per heavy atom. The van der Waals surface area contributed by atoms with Crippen LogP contribution in [0.3, 0.4) is 0 Å². The van der Waals surface area contributed by atoms with Gasteiger partial charge in [-0.1, -0.05) is 31.9 Å². The SMILES string of the molecule is CCCCc1cc2c(N)nc3cc(CCCCCN(C)CCOCCC(C)=O)ccc3c2[nH]1. The molecule has 0 amide bonds. The summed E-state index contributed by atoms with van der Waals surface area (Å²) in [5, 5.41) is 2.19. The van der Waals surface area contributed by atoms with E-state index in [1.165, 1.54) is 36.9 Å². The first-order valence-electron chi connectivity index (χ1n) is 12.4. The average molecular weight is 453 g/mol. The number of H-pyrrole nitrogens is 1. The summed E-state index contributed by atoms with van der Waals surface area (Å²) in [6.07, 6.45) is 8.50. The van der Waals surface area contributed by atoms with Crippen molar-refractivity contribution in [3.8, 4) is 0 Å². The van der Waals surface area contributed by atoms with Gasteiger partial charge in [-0.3, -0.25) is 4.79 Å². The molecule has 6 heteroatoms. The maximum atomic E-state index is 10.9. The lowest BCUT2D eigenvalue weighted by atomic mass is 10.0. The fraction of sp³-hybridized carbons (Fsp3) is 0.556. The Kier molecular flexibility index (Phi) is 9.70. The monoisotopic (exact) mass is 452 g/mol. The number of ether oxygens (including phenoxy) is 1. The van der Waals surface area contributed by atoms with Crippen LogP contribution in [0.4, 0.5) is 5.82 Å². The van der Waals surface area contributed by atoms with Crippen molar-refractivity contribution < 1.29 is 9.53 Å². The Balaban J connectivity index is 1.45. The molecule has 2 aromatic heterocycles. The molecule has 0 saturated carbocycles. The van der Waals surface area contributed by atoms with Crippen LogP contribution in [0.2, 0.25) is 0 Å². The molecule has 3 rings (SSSR count). The highest BCUT2D eigenvalue weighted by atomic mass is 16.5. The number of Topliss-reactive ketones (excluding diaryl/α,β-unsaturated/α-hetero) is 1. The number of rotatable bonds is 15. The molecule has 0 aliphatic heterocycles. The van der Waals surface area contributed by atoms with Gasteiger partial charge < -0.3 is 20.4 Å². The number of carbonyl (C=O) groups excluding carboxylic acids is 1. The van der Waals surface area contributed by atoms with Crippen LogP contribution in [-0.2, 0) is 22.4 Å². The molecule has 3 aromatic rings. The van der Waals surface area contributed by atoms with Gasteiger partial charge in [-0.25, -0.2) is 4.98 Å². The molecule has 0 saturated heterocycles. The number of aryl methyl sites for hydroxylation is 2. The number of aromatic nitrogens is 2. The van der Waals surface area contributed by atoms with E-state index >= 15 is 0 Å². The van der Waals surface area contributed by atoms with E-state index in [4.69, 9.17) is 15.5 Å². The molecular formula is C27H40N4O2. The maximum absolute atomic E-state index is 10.9. The van der Waals surface area contributed by atoms with Gasteiger partial charge in [-0.15, -0.1) is 0 Å². The van der Waals surface area contributed by atoms with Gasteiger partial charge in [0.2, 0.25) is 0 Å². The van der Waals surface area contributed by atoms with Crippen molar-refractivity contribution in [3.63, 3.8) is 0 Å². The second kappa shape index (κ2) is 12.7. The molecule has 0 atom stereocenters. The molecule has 0 bridgehead atoms. The number of nitrogens with one attached hydrogen (secondary N) is 1. The molecule has 6 nitrogen and oxygen atoms in total. The number of hydrogen-bond acceptors (Lipinski definition) is 5. The summed E-state index contributed by atoms with van der Waals surface area (Å²) in [7, 11) is 2.13. The predicted octanol–water partition coefficient (Wildman–Crippen LogP) is 5.28. The summed E-state index contributed by atoms with van der Waals surface area (Å²) in [5.74, 6) is 0.796. The van der Waals surface area contributed by atoms with Crippen LogP contribution in [0.1, 0.15) is 63.6 Å². The molecule has 0 aliphatic carbocycles. The zero-order chi connectivity index (χ0) is 23.6. The number of anilines is 1. The van der Waals surface area contributed by atoms with Crippen molar-refractivity contribution in [1.82, 2.24) is 14.9 Å². The molecule has 0 fully saturated rings. The van der Waals surface area contributed by atoms with Crippen LogP contribution >= 0.6 is 0 Å². The van der Waals surface area contributed by atoms with Crippen LogP contribution in [-0.4, -0.2) is 54.0 Å². The number of nitrogens with zero attached hydrogens (tertiary/aromatic N) is 2. The van der Waals surface area contributed by atoms with E-state index in [1.807, 2.05) is 0 Å². The molecule has 0 unspecified atom stereocenters. The maximum Gasteiger partial charge on any atom is 0.133 e. The van der Waals surface area contributed by atoms with Gasteiger partial charge in [0, 0.05) is 29.4 Å². The molecule has 33 heavy (non-hydrogen) atoms. The lowest BCUT2D eigenvalue weighted by molar-refractivity contribution is -0.118. The van der Waals surface area contributed by atoms with E-state index in [1.54, 1.807) is 6.92 Å². The van der Waals surface area contributed by atoms with Crippen LogP contribution < -0.4 is 5.73 Å². The number of likely N-dealkylation sites (N-methyl/N-ethyl adjacent to an activating group) is 1. The van der Waals surface area contributed by atoms with E-state index in [0.717, 1.165) is 54.2 Å². The van der Waals surface area contributed by atoms with Gasteiger partial charge in [0.05, 0.1) is 24.2 Å². The van der Waals surface area contributed by atoms with Gasteiger partial charge in [-0.2, -0.15) is 0 Å². The minimum Gasteiger partial charge on any atom is -0.383 e. The van der Waals surface area contributed by atoms with E-state index < -0.39 is 0 Å². The highest BCUT2D eigenvalue weighted by molar-refractivity contribution is 6.08. The zero-order valence-corrected chi connectivity index (χ0v) is 20.6. The van der Waals surface area contributed by atoms with Crippen LogP contribution in [0.25, 0.3) is 21.8 Å². The molecular weight excluding hydrogens is 412 g/mol. The summed E-state index contributed by atoms with van der Waals surface area (Å²) in [6.45, 7) is 7.00. The highest BCUT2D eigenvalue weighted by Gasteiger charge is 2.11. The van der Waals surface area contributed by atoms with Crippen molar-refractivity contribution >= 4 is 33.4 Å². The smallest absolute Gasteiger partial charge is 0.133 e. The third-order valence-electron chi connectivity index (χ3n) is 6.24. The topological polar surface area (TPSA) is 84.2 Å². The summed E-state index contributed by atoms with van der Waals surface area (Å²) in [5.41, 5.74) is 10.9. The first kappa shape index (κ1) is 25.2. The van der Waals surface area contributed by atoms with Crippen LogP contribution in [0.15, 0.2) is 24.3 Å². The number of carbonyl (C=O) groups is 1. The van der Waals surface area contributed by atoms with E-state index in [-0.39, 0.29) is 5.78 Å². The first-order chi connectivity index (χ1) is 16.0. The third kappa shape index (κ3) is 7.54. The fourth-order valence-electron chi connectivity index (χ4n) is 4.19. The molecule has 0 aliphatic rings. The Morgan fingerprint density at radius 2 is 1.91 bits per heavy atom.